The number of nitrogens with zero attached hydrogens (tertiary/aromatic N) is 1. The molecule has 5 heteroatoms. The third-order valence-electron chi connectivity index (χ3n) is 3.68. The molecule has 2 rings (SSSR count). The number of ether oxygens (including phenoxy) is 2. The van der Waals surface area contributed by atoms with E-state index in [0.29, 0.717) is 17.2 Å². The molecule has 0 aliphatic carbocycles. The van der Waals surface area contributed by atoms with Crippen molar-refractivity contribution in [1.29, 1.82) is 5.26 Å². The summed E-state index contributed by atoms with van der Waals surface area (Å²) in [6.45, 7) is 1.94. The van der Waals surface area contributed by atoms with Crippen LogP contribution in [0.5, 0.6) is 11.5 Å². The molecule has 1 amide bonds. The molecule has 0 aliphatic rings. The van der Waals surface area contributed by atoms with Crippen LogP contribution in [-0.2, 0) is 11.2 Å². The van der Waals surface area contributed by atoms with Crippen LogP contribution in [0.2, 0.25) is 0 Å². The topological polar surface area (TPSA) is 71.3 Å². The Hall–Kier alpha value is -3.00. The average Bonchev–Trinajstić information content (AvgIpc) is 2.59. The van der Waals surface area contributed by atoms with Crippen LogP contribution in [-0.4, -0.2) is 20.1 Å². The van der Waals surface area contributed by atoms with Crippen LogP contribution < -0.4 is 14.8 Å². The second-order valence-corrected chi connectivity index (χ2v) is 5.42. The lowest BCUT2D eigenvalue weighted by atomic mass is 9.98. The van der Waals surface area contributed by atoms with E-state index in [1.165, 1.54) is 0 Å². The second-order valence-electron chi connectivity index (χ2n) is 5.42. The van der Waals surface area contributed by atoms with Crippen molar-refractivity contribution in [3.05, 3.63) is 53.6 Å². The molecular formula is C19H20N2O3. The first-order valence-electron chi connectivity index (χ1n) is 7.55. The zero-order valence-electron chi connectivity index (χ0n) is 14.0. The molecule has 0 spiro atoms. The monoisotopic (exact) mass is 324 g/mol. The van der Waals surface area contributed by atoms with Gasteiger partial charge in [0, 0.05) is 18.2 Å². The van der Waals surface area contributed by atoms with Gasteiger partial charge < -0.3 is 14.8 Å². The van der Waals surface area contributed by atoms with Gasteiger partial charge in [-0.2, -0.15) is 5.26 Å². The van der Waals surface area contributed by atoms with Gasteiger partial charge in [0.25, 0.3) is 0 Å². The van der Waals surface area contributed by atoms with Crippen LogP contribution in [0.4, 0.5) is 5.69 Å². The first-order valence-corrected chi connectivity index (χ1v) is 7.55. The van der Waals surface area contributed by atoms with Crippen molar-refractivity contribution >= 4 is 11.6 Å². The van der Waals surface area contributed by atoms with Crippen molar-refractivity contribution < 1.29 is 14.3 Å². The zero-order valence-corrected chi connectivity index (χ0v) is 14.0. The molecular weight excluding hydrogens is 304 g/mol. The number of carbonyl (C=O) groups is 1. The first-order chi connectivity index (χ1) is 11.6. The minimum atomic E-state index is -0.812. The molecule has 0 aromatic heterocycles. The van der Waals surface area contributed by atoms with Crippen LogP contribution in [0.3, 0.4) is 0 Å². The molecule has 0 heterocycles. The summed E-state index contributed by atoms with van der Waals surface area (Å²) in [6, 6.07) is 14.9. The fraction of sp³-hybridized carbons (Fsp3) is 0.263. The summed E-state index contributed by atoms with van der Waals surface area (Å²) in [5.74, 6) is 0.111. The number of hydrogen-bond acceptors (Lipinski definition) is 4. The normalized spacial score (nSPS) is 11.2. The van der Waals surface area contributed by atoms with E-state index in [4.69, 9.17) is 9.47 Å². The molecule has 5 nitrogen and oxygen atoms in total. The fourth-order valence-electron chi connectivity index (χ4n) is 2.39. The van der Waals surface area contributed by atoms with Crippen molar-refractivity contribution in [2.45, 2.75) is 13.3 Å². The summed E-state index contributed by atoms with van der Waals surface area (Å²) in [7, 11) is 3.12. The lowest BCUT2D eigenvalue weighted by Crippen LogP contribution is -2.23. The second kappa shape index (κ2) is 8.02. The van der Waals surface area contributed by atoms with E-state index in [1.54, 1.807) is 32.4 Å². The Balaban J connectivity index is 2.14. The Morgan fingerprint density at radius 3 is 2.62 bits per heavy atom. The number of methoxy groups -OCH3 is 2. The van der Waals surface area contributed by atoms with Gasteiger partial charge in [0.05, 0.1) is 20.3 Å². The van der Waals surface area contributed by atoms with Crippen LogP contribution in [0.25, 0.3) is 0 Å². The third-order valence-corrected chi connectivity index (χ3v) is 3.68. The number of anilines is 1. The highest BCUT2D eigenvalue weighted by atomic mass is 16.5. The molecule has 0 fully saturated rings. The molecule has 0 aliphatic heterocycles. The molecule has 0 unspecified atom stereocenters. The predicted octanol–water partition coefficient (Wildman–Crippen LogP) is 3.33. The Kier molecular flexibility index (Phi) is 5.80. The maximum absolute atomic E-state index is 12.4. The van der Waals surface area contributed by atoms with Gasteiger partial charge in [-0.3, -0.25) is 4.79 Å². The molecule has 1 atom stereocenters. The van der Waals surface area contributed by atoms with Crippen LogP contribution in [0.1, 0.15) is 11.1 Å². The zero-order chi connectivity index (χ0) is 17.5. The number of aryl methyl sites for hydroxylation is 1. The molecule has 2 aromatic rings. The van der Waals surface area contributed by atoms with Crippen molar-refractivity contribution in [2.24, 2.45) is 5.92 Å². The number of benzene rings is 2. The number of rotatable bonds is 6. The van der Waals surface area contributed by atoms with Crippen molar-refractivity contribution in [3.63, 3.8) is 0 Å². The SMILES string of the molecule is COc1ccc(C[C@H](C#N)C(=O)Nc2cccc(C)c2)c(OC)c1. The van der Waals surface area contributed by atoms with Crippen molar-refractivity contribution in [2.75, 3.05) is 19.5 Å². The standard InChI is InChI=1S/C19H20N2O3/c1-13-5-4-6-16(9-13)21-19(22)15(12-20)10-14-7-8-17(23-2)11-18(14)24-3/h4-9,11,15H,10H2,1-3H3,(H,21,22)/t15-/m1/s1. The molecule has 0 saturated heterocycles. The summed E-state index contributed by atoms with van der Waals surface area (Å²) >= 11 is 0. The van der Waals surface area contributed by atoms with E-state index >= 15 is 0 Å². The summed E-state index contributed by atoms with van der Waals surface area (Å²) < 4.78 is 10.5. The highest BCUT2D eigenvalue weighted by Gasteiger charge is 2.20. The van der Waals surface area contributed by atoms with Crippen molar-refractivity contribution in [1.82, 2.24) is 0 Å². The number of amides is 1. The number of hydrogen-bond donors (Lipinski definition) is 1. The molecule has 0 saturated carbocycles. The largest absolute Gasteiger partial charge is 0.497 e. The minimum absolute atomic E-state index is 0.265. The maximum atomic E-state index is 12.4. The lowest BCUT2D eigenvalue weighted by molar-refractivity contribution is -0.118. The molecule has 124 valence electrons. The molecule has 1 N–H and O–H groups in total. The van der Waals surface area contributed by atoms with E-state index < -0.39 is 5.92 Å². The fourth-order valence-corrected chi connectivity index (χ4v) is 2.39. The van der Waals surface area contributed by atoms with Gasteiger partial charge in [-0.15, -0.1) is 0 Å². The smallest absolute Gasteiger partial charge is 0.242 e. The Bertz CT molecular complexity index is 765. The summed E-state index contributed by atoms with van der Waals surface area (Å²) in [4.78, 5) is 12.4. The lowest BCUT2D eigenvalue weighted by Gasteiger charge is -2.14. The Labute approximate surface area is 141 Å². The number of nitrogens with one attached hydrogen (secondary N) is 1. The summed E-state index contributed by atoms with van der Waals surface area (Å²) in [5, 5.41) is 12.2. The molecule has 2 aromatic carbocycles. The molecule has 0 radical (unpaired) electrons. The molecule has 24 heavy (non-hydrogen) atoms. The highest BCUT2D eigenvalue weighted by Crippen LogP contribution is 2.27. The van der Waals surface area contributed by atoms with E-state index in [2.05, 4.69) is 11.4 Å². The summed E-state index contributed by atoms with van der Waals surface area (Å²) in [6.07, 6.45) is 0.265. The van der Waals surface area contributed by atoms with Gasteiger partial charge in [0.15, 0.2) is 0 Å². The Morgan fingerprint density at radius 1 is 1.21 bits per heavy atom. The van der Waals surface area contributed by atoms with Gasteiger partial charge in [0.1, 0.15) is 17.4 Å². The number of carbonyl (C=O) groups excluding carboxylic acids is 1. The van der Waals surface area contributed by atoms with Gasteiger partial charge in [0.2, 0.25) is 5.91 Å². The quantitative estimate of drug-likeness (QED) is 0.884. The minimum Gasteiger partial charge on any atom is -0.497 e. The van der Waals surface area contributed by atoms with E-state index in [-0.39, 0.29) is 12.3 Å². The van der Waals surface area contributed by atoms with Gasteiger partial charge in [-0.25, -0.2) is 0 Å². The third kappa shape index (κ3) is 4.26. The first kappa shape index (κ1) is 17.4. The van der Waals surface area contributed by atoms with Gasteiger partial charge in [-0.1, -0.05) is 18.2 Å². The van der Waals surface area contributed by atoms with E-state index in [0.717, 1.165) is 11.1 Å². The van der Waals surface area contributed by atoms with Crippen LogP contribution in [0.15, 0.2) is 42.5 Å². The maximum Gasteiger partial charge on any atom is 0.242 e. The highest BCUT2D eigenvalue weighted by molar-refractivity contribution is 5.94. The Morgan fingerprint density at radius 2 is 2.00 bits per heavy atom. The van der Waals surface area contributed by atoms with Crippen LogP contribution in [0, 0.1) is 24.2 Å². The van der Waals surface area contributed by atoms with Crippen LogP contribution >= 0.6 is 0 Å². The van der Waals surface area contributed by atoms with E-state index in [1.807, 2.05) is 31.2 Å². The average molecular weight is 324 g/mol. The predicted molar refractivity (Wildman–Crippen MR) is 92.2 cm³/mol. The van der Waals surface area contributed by atoms with Gasteiger partial charge in [-0.05, 0) is 36.2 Å². The number of nitriles is 1. The summed E-state index contributed by atoms with van der Waals surface area (Å²) in [5.41, 5.74) is 2.50. The van der Waals surface area contributed by atoms with Gasteiger partial charge >= 0.3 is 0 Å². The van der Waals surface area contributed by atoms with Crippen molar-refractivity contribution in [3.8, 4) is 17.6 Å². The molecule has 0 bridgehead atoms. The van der Waals surface area contributed by atoms with E-state index in [9.17, 15) is 10.1 Å².